The predicted octanol–water partition coefficient (Wildman–Crippen LogP) is 7.74. The molecule has 0 fully saturated rings. The number of ether oxygens (including phenoxy) is 5. The summed E-state index contributed by atoms with van der Waals surface area (Å²) in [5.41, 5.74) is 0. The summed E-state index contributed by atoms with van der Waals surface area (Å²) in [6.45, 7) is 7.23. The summed E-state index contributed by atoms with van der Waals surface area (Å²) in [5.74, 6) is 0. The Bertz CT molecular complexity index is 791. The van der Waals surface area contributed by atoms with Crippen LogP contribution in [0, 0.1) is 0 Å². The molecule has 0 amide bonds. The molecule has 0 radical (unpaired) electrons. The molecule has 43 heavy (non-hydrogen) atoms. The van der Waals surface area contributed by atoms with Gasteiger partial charge in [0.25, 0.3) is 10.1 Å². The fourth-order valence-corrected chi connectivity index (χ4v) is 5.51. The predicted molar refractivity (Wildman–Crippen MR) is 173 cm³/mol. The first-order valence-electron chi connectivity index (χ1n) is 17.0. The van der Waals surface area contributed by atoms with Crippen LogP contribution in [0.25, 0.3) is 0 Å². The zero-order valence-corrected chi connectivity index (χ0v) is 28.0. The first kappa shape index (κ1) is 40.0. The molecular formula is C34H62O8S. The molecule has 0 aromatic heterocycles. The SMILES string of the molecule is CCCCCCCCCCCCCCCCCCOCCOCCOCCOCCOCCOS(=O)(=O)c1ccccc1. The molecule has 0 spiro atoms. The van der Waals surface area contributed by atoms with Crippen LogP contribution in [0.3, 0.4) is 0 Å². The molecule has 1 aromatic carbocycles. The van der Waals surface area contributed by atoms with E-state index in [0.29, 0.717) is 52.9 Å². The van der Waals surface area contributed by atoms with Gasteiger partial charge in [-0.3, -0.25) is 4.18 Å². The van der Waals surface area contributed by atoms with E-state index >= 15 is 0 Å². The monoisotopic (exact) mass is 630 g/mol. The van der Waals surface area contributed by atoms with Crippen molar-refractivity contribution in [2.75, 3.05) is 72.7 Å². The van der Waals surface area contributed by atoms with E-state index in [2.05, 4.69) is 6.92 Å². The molecule has 0 atom stereocenters. The highest BCUT2D eigenvalue weighted by atomic mass is 32.2. The molecule has 0 bridgehead atoms. The Kier molecular flexibility index (Phi) is 28.7. The molecule has 0 unspecified atom stereocenters. The minimum atomic E-state index is -3.74. The van der Waals surface area contributed by atoms with Crippen molar-refractivity contribution in [1.29, 1.82) is 0 Å². The van der Waals surface area contributed by atoms with Gasteiger partial charge >= 0.3 is 0 Å². The molecule has 252 valence electrons. The van der Waals surface area contributed by atoms with E-state index in [-0.39, 0.29) is 18.1 Å². The minimum absolute atomic E-state index is 0.0368. The average molecular weight is 631 g/mol. The number of hydrogen-bond acceptors (Lipinski definition) is 8. The van der Waals surface area contributed by atoms with Gasteiger partial charge in [-0.2, -0.15) is 8.42 Å². The van der Waals surface area contributed by atoms with Gasteiger partial charge < -0.3 is 23.7 Å². The van der Waals surface area contributed by atoms with Crippen molar-refractivity contribution < 1.29 is 36.3 Å². The lowest BCUT2D eigenvalue weighted by atomic mass is 10.0. The third-order valence-corrected chi connectivity index (χ3v) is 8.45. The average Bonchev–Trinajstić information content (AvgIpc) is 3.02. The van der Waals surface area contributed by atoms with Crippen LogP contribution in [0.1, 0.15) is 110 Å². The standard InChI is InChI=1S/C34H62O8S/c1-2-3-4-5-6-7-8-9-10-11-12-13-14-15-16-20-23-37-24-25-38-26-27-39-28-29-40-30-31-41-32-33-42-43(35,36)34-21-18-17-19-22-34/h17-19,21-22H,2-16,20,23-33H2,1H3. The van der Waals surface area contributed by atoms with Gasteiger partial charge in [0, 0.05) is 6.61 Å². The lowest BCUT2D eigenvalue weighted by molar-refractivity contribution is -0.0127. The summed E-state index contributed by atoms with van der Waals surface area (Å²) in [4.78, 5) is 0.137. The zero-order valence-electron chi connectivity index (χ0n) is 27.2. The lowest BCUT2D eigenvalue weighted by Crippen LogP contribution is -2.15. The highest BCUT2D eigenvalue weighted by Crippen LogP contribution is 2.14. The molecule has 0 aliphatic rings. The number of rotatable bonds is 34. The second-order valence-corrected chi connectivity index (χ2v) is 12.6. The summed E-state index contributed by atoms with van der Waals surface area (Å²) in [7, 11) is -3.74. The normalized spacial score (nSPS) is 11.8. The third-order valence-electron chi connectivity index (χ3n) is 7.13. The summed E-state index contributed by atoms with van der Waals surface area (Å²) in [5, 5.41) is 0. The van der Waals surface area contributed by atoms with Crippen molar-refractivity contribution in [1.82, 2.24) is 0 Å². The largest absolute Gasteiger partial charge is 0.379 e. The molecule has 8 nitrogen and oxygen atoms in total. The van der Waals surface area contributed by atoms with Crippen LogP contribution in [0.4, 0.5) is 0 Å². The Morgan fingerprint density at radius 1 is 0.419 bits per heavy atom. The first-order valence-corrected chi connectivity index (χ1v) is 18.4. The van der Waals surface area contributed by atoms with Crippen molar-refractivity contribution in [3.05, 3.63) is 30.3 Å². The molecular weight excluding hydrogens is 568 g/mol. The van der Waals surface area contributed by atoms with Crippen LogP contribution in [-0.4, -0.2) is 81.1 Å². The number of unbranched alkanes of at least 4 members (excludes halogenated alkanes) is 15. The quantitative estimate of drug-likeness (QED) is 0.0564. The van der Waals surface area contributed by atoms with E-state index in [1.54, 1.807) is 18.2 Å². The van der Waals surface area contributed by atoms with Crippen LogP contribution in [0.15, 0.2) is 35.2 Å². The van der Waals surface area contributed by atoms with E-state index in [1.807, 2.05) is 0 Å². The third kappa shape index (κ3) is 27.0. The first-order chi connectivity index (χ1) is 21.2. The van der Waals surface area contributed by atoms with E-state index < -0.39 is 10.1 Å². The highest BCUT2D eigenvalue weighted by molar-refractivity contribution is 7.86. The van der Waals surface area contributed by atoms with Gasteiger partial charge in [0.15, 0.2) is 0 Å². The molecule has 0 aliphatic carbocycles. The molecule has 1 rings (SSSR count). The molecule has 0 saturated heterocycles. The summed E-state index contributed by atoms with van der Waals surface area (Å²) >= 11 is 0. The lowest BCUT2D eigenvalue weighted by Gasteiger charge is -2.08. The molecule has 1 aromatic rings. The maximum atomic E-state index is 12.0. The smallest absolute Gasteiger partial charge is 0.297 e. The maximum absolute atomic E-state index is 12.0. The van der Waals surface area contributed by atoms with Gasteiger partial charge in [0.2, 0.25) is 0 Å². The van der Waals surface area contributed by atoms with Crippen molar-refractivity contribution >= 4 is 10.1 Å². The minimum Gasteiger partial charge on any atom is -0.379 e. The summed E-state index contributed by atoms with van der Waals surface area (Å²) in [6, 6.07) is 8.05. The van der Waals surface area contributed by atoms with Crippen LogP contribution in [-0.2, 0) is 38.0 Å². The van der Waals surface area contributed by atoms with Crippen molar-refractivity contribution in [2.24, 2.45) is 0 Å². The molecule has 0 heterocycles. The van der Waals surface area contributed by atoms with Crippen molar-refractivity contribution in [3.8, 4) is 0 Å². The van der Waals surface area contributed by atoms with Gasteiger partial charge in [-0.15, -0.1) is 0 Å². The van der Waals surface area contributed by atoms with Gasteiger partial charge in [-0.1, -0.05) is 121 Å². The van der Waals surface area contributed by atoms with Crippen LogP contribution < -0.4 is 0 Å². The maximum Gasteiger partial charge on any atom is 0.297 e. The second kappa shape index (κ2) is 30.9. The highest BCUT2D eigenvalue weighted by Gasteiger charge is 2.13. The van der Waals surface area contributed by atoms with E-state index in [0.717, 1.165) is 13.0 Å². The van der Waals surface area contributed by atoms with E-state index in [1.165, 1.54) is 108 Å². The van der Waals surface area contributed by atoms with Crippen LogP contribution in [0.2, 0.25) is 0 Å². The van der Waals surface area contributed by atoms with E-state index in [9.17, 15) is 8.42 Å². The molecule has 0 aliphatic heterocycles. The number of benzene rings is 1. The van der Waals surface area contributed by atoms with Crippen molar-refractivity contribution in [2.45, 2.75) is 115 Å². The Morgan fingerprint density at radius 2 is 0.744 bits per heavy atom. The fourth-order valence-electron chi connectivity index (χ4n) is 4.59. The Balaban J connectivity index is 1.67. The Labute approximate surface area is 263 Å². The molecule has 0 N–H and O–H groups in total. The van der Waals surface area contributed by atoms with Gasteiger partial charge in [-0.25, -0.2) is 0 Å². The fraction of sp³-hybridized carbons (Fsp3) is 0.824. The topological polar surface area (TPSA) is 89.5 Å². The van der Waals surface area contributed by atoms with Gasteiger partial charge in [0.05, 0.1) is 71.0 Å². The van der Waals surface area contributed by atoms with Gasteiger partial charge in [0.1, 0.15) is 0 Å². The van der Waals surface area contributed by atoms with Crippen LogP contribution in [0.5, 0.6) is 0 Å². The van der Waals surface area contributed by atoms with E-state index in [4.69, 9.17) is 27.9 Å². The zero-order chi connectivity index (χ0) is 30.9. The second-order valence-electron chi connectivity index (χ2n) is 11.0. The Morgan fingerprint density at radius 3 is 1.14 bits per heavy atom. The molecule has 0 saturated carbocycles. The van der Waals surface area contributed by atoms with Crippen LogP contribution >= 0.6 is 0 Å². The number of hydrogen-bond donors (Lipinski definition) is 0. The molecule has 9 heteroatoms. The van der Waals surface area contributed by atoms with Crippen molar-refractivity contribution in [3.63, 3.8) is 0 Å². The summed E-state index contributed by atoms with van der Waals surface area (Å²) in [6.07, 6.45) is 22.1. The van der Waals surface area contributed by atoms with Gasteiger partial charge in [-0.05, 0) is 18.6 Å². The summed E-state index contributed by atoms with van der Waals surface area (Å²) < 4.78 is 56.3. The Hall–Kier alpha value is -1.07.